The summed E-state index contributed by atoms with van der Waals surface area (Å²) in [6, 6.07) is -0.201. The van der Waals surface area contributed by atoms with Crippen molar-refractivity contribution in [3.8, 4) is 0 Å². The number of carbonyl (C=O) groups excluding carboxylic acids is 1. The molecule has 2 N–H and O–H groups in total. The van der Waals surface area contributed by atoms with Gasteiger partial charge in [0.25, 0.3) is 0 Å². The van der Waals surface area contributed by atoms with Gasteiger partial charge in [0, 0.05) is 10.8 Å². The number of amides is 1. The molecule has 0 aliphatic heterocycles. The summed E-state index contributed by atoms with van der Waals surface area (Å²) in [7, 11) is 0. The highest BCUT2D eigenvalue weighted by atomic mass is 32.2. The molecule has 0 aromatic rings. The molecule has 0 saturated heterocycles. The van der Waals surface area contributed by atoms with Crippen molar-refractivity contribution >= 4 is 23.6 Å². The predicted molar refractivity (Wildman–Crippen MR) is 78.4 cm³/mol. The lowest BCUT2D eigenvalue weighted by atomic mass is 9.95. The van der Waals surface area contributed by atoms with Crippen LogP contribution in [0.25, 0.3) is 0 Å². The van der Waals surface area contributed by atoms with E-state index in [4.69, 9.17) is 0 Å². The number of thioether (sulfide) groups is 1. The Hall–Kier alpha value is -0.710. The molecule has 4 nitrogen and oxygen atoms in total. The summed E-state index contributed by atoms with van der Waals surface area (Å²) in [5.74, 6) is -0.855. The number of hydrogen-bond acceptors (Lipinski definition) is 3. The van der Waals surface area contributed by atoms with Crippen molar-refractivity contribution < 1.29 is 14.7 Å². The maximum Gasteiger partial charge on any atom is 0.308 e. The topological polar surface area (TPSA) is 66.4 Å². The van der Waals surface area contributed by atoms with E-state index in [2.05, 4.69) is 26.1 Å². The second kappa shape index (κ2) is 7.17. The highest BCUT2D eigenvalue weighted by Gasteiger charge is 2.30. The van der Waals surface area contributed by atoms with Crippen molar-refractivity contribution in [1.82, 2.24) is 5.32 Å². The summed E-state index contributed by atoms with van der Waals surface area (Å²) in [6.07, 6.45) is 4.46. The normalized spacial score (nSPS) is 24.6. The van der Waals surface area contributed by atoms with Crippen LogP contribution in [0.3, 0.4) is 0 Å². The number of rotatable bonds is 4. The first-order chi connectivity index (χ1) is 8.79. The van der Waals surface area contributed by atoms with E-state index < -0.39 is 11.9 Å². The van der Waals surface area contributed by atoms with Crippen LogP contribution >= 0.6 is 11.8 Å². The van der Waals surface area contributed by atoms with Gasteiger partial charge in [-0.3, -0.25) is 9.59 Å². The third kappa shape index (κ3) is 6.32. The zero-order chi connectivity index (χ0) is 14.5. The van der Waals surface area contributed by atoms with E-state index in [0.29, 0.717) is 12.2 Å². The van der Waals surface area contributed by atoms with E-state index in [1.165, 1.54) is 0 Å². The first-order valence-corrected chi connectivity index (χ1v) is 7.94. The third-order valence-electron chi connectivity index (χ3n) is 3.32. The van der Waals surface area contributed by atoms with Gasteiger partial charge in [-0.25, -0.2) is 0 Å². The minimum absolute atomic E-state index is 0.0434. The van der Waals surface area contributed by atoms with E-state index in [1.807, 2.05) is 0 Å². The highest BCUT2D eigenvalue weighted by molar-refractivity contribution is 8.01. The van der Waals surface area contributed by atoms with Gasteiger partial charge in [-0.2, -0.15) is 0 Å². The predicted octanol–water partition coefficient (Wildman–Crippen LogP) is 2.67. The fourth-order valence-corrected chi connectivity index (χ4v) is 2.95. The number of hydrogen-bond donors (Lipinski definition) is 2. The van der Waals surface area contributed by atoms with Crippen molar-refractivity contribution in [2.24, 2.45) is 5.92 Å². The van der Waals surface area contributed by atoms with E-state index in [-0.39, 0.29) is 16.7 Å². The van der Waals surface area contributed by atoms with Crippen molar-refractivity contribution in [1.29, 1.82) is 0 Å². The first kappa shape index (κ1) is 16.3. The van der Waals surface area contributed by atoms with Gasteiger partial charge in [0.1, 0.15) is 0 Å². The number of nitrogens with one attached hydrogen (secondary N) is 1. The average molecular weight is 287 g/mol. The summed E-state index contributed by atoms with van der Waals surface area (Å²) in [6.45, 7) is 6.20. The minimum Gasteiger partial charge on any atom is -0.481 e. The average Bonchev–Trinajstić information content (AvgIpc) is 2.51. The summed E-state index contributed by atoms with van der Waals surface area (Å²) < 4.78 is 0.0486. The van der Waals surface area contributed by atoms with E-state index in [1.54, 1.807) is 11.8 Å². The molecule has 0 radical (unpaired) electrons. The summed E-state index contributed by atoms with van der Waals surface area (Å²) in [5, 5.41) is 12.2. The molecule has 2 atom stereocenters. The van der Waals surface area contributed by atoms with Crippen LogP contribution in [-0.4, -0.2) is 33.5 Å². The minimum atomic E-state index is -0.782. The van der Waals surface area contributed by atoms with Gasteiger partial charge in [0.15, 0.2) is 0 Å². The molecule has 5 heteroatoms. The van der Waals surface area contributed by atoms with Crippen LogP contribution in [0.15, 0.2) is 0 Å². The van der Waals surface area contributed by atoms with Crippen molar-refractivity contribution in [2.75, 3.05) is 5.75 Å². The Kier molecular flexibility index (Phi) is 6.17. The first-order valence-electron chi connectivity index (χ1n) is 6.96. The highest BCUT2D eigenvalue weighted by Crippen LogP contribution is 2.25. The van der Waals surface area contributed by atoms with Crippen LogP contribution in [0.4, 0.5) is 0 Å². The molecule has 1 amide bonds. The lowest BCUT2D eigenvalue weighted by Crippen LogP contribution is -2.43. The Morgan fingerprint density at radius 1 is 1.21 bits per heavy atom. The fourth-order valence-electron chi connectivity index (χ4n) is 2.31. The summed E-state index contributed by atoms with van der Waals surface area (Å²) in [4.78, 5) is 23.2. The smallest absolute Gasteiger partial charge is 0.308 e. The summed E-state index contributed by atoms with van der Waals surface area (Å²) >= 11 is 1.59. The molecule has 0 spiro atoms. The largest absolute Gasteiger partial charge is 0.481 e. The number of carboxylic acids is 1. The number of carbonyl (C=O) groups is 2. The Labute approximate surface area is 119 Å². The SMILES string of the molecule is CC(C)(C)SCC(=O)N[C@H]1CCCCC[C@H]1C(=O)O. The van der Waals surface area contributed by atoms with Gasteiger partial charge in [-0.15, -0.1) is 11.8 Å². The van der Waals surface area contributed by atoms with Crippen LogP contribution in [-0.2, 0) is 9.59 Å². The van der Waals surface area contributed by atoms with Gasteiger partial charge < -0.3 is 10.4 Å². The van der Waals surface area contributed by atoms with Crippen LogP contribution in [0.2, 0.25) is 0 Å². The molecule has 0 heterocycles. The van der Waals surface area contributed by atoms with Gasteiger partial charge >= 0.3 is 5.97 Å². The molecule has 19 heavy (non-hydrogen) atoms. The quantitative estimate of drug-likeness (QED) is 0.780. The van der Waals surface area contributed by atoms with E-state index >= 15 is 0 Å². The van der Waals surface area contributed by atoms with Crippen molar-refractivity contribution in [2.45, 2.75) is 63.7 Å². The lowest BCUT2D eigenvalue weighted by molar-refractivity contribution is -0.143. The molecule has 1 rings (SSSR count). The second-order valence-electron chi connectivity index (χ2n) is 6.16. The molecule has 1 aliphatic carbocycles. The molecule has 110 valence electrons. The standard InChI is InChI=1S/C14H25NO3S/c1-14(2,3)19-9-12(16)15-11-8-6-4-5-7-10(11)13(17)18/h10-11H,4-9H2,1-3H3,(H,15,16)(H,17,18)/t10-,11+/m1/s1. The maximum atomic E-state index is 11.9. The molecule has 0 unspecified atom stereocenters. The second-order valence-corrected chi connectivity index (χ2v) is 7.96. The van der Waals surface area contributed by atoms with Crippen molar-refractivity contribution in [3.05, 3.63) is 0 Å². The van der Waals surface area contributed by atoms with Crippen molar-refractivity contribution in [3.63, 3.8) is 0 Å². The monoisotopic (exact) mass is 287 g/mol. The van der Waals surface area contributed by atoms with Crippen LogP contribution in [0, 0.1) is 5.92 Å². The third-order valence-corrected chi connectivity index (χ3v) is 4.59. The van der Waals surface area contributed by atoms with Gasteiger partial charge in [0.2, 0.25) is 5.91 Å². The fraction of sp³-hybridized carbons (Fsp3) is 0.857. The van der Waals surface area contributed by atoms with Crippen LogP contribution in [0.5, 0.6) is 0 Å². The van der Waals surface area contributed by atoms with Gasteiger partial charge in [0.05, 0.1) is 11.7 Å². The molecule has 0 bridgehead atoms. The molecular formula is C14H25NO3S. The Morgan fingerprint density at radius 3 is 2.42 bits per heavy atom. The van der Waals surface area contributed by atoms with Crippen LogP contribution in [0.1, 0.15) is 52.9 Å². The van der Waals surface area contributed by atoms with Crippen LogP contribution < -0.4 is 5.32 Å². The molecule has 0 aromatic heterocycles. The zero-order valence-electron chi connectivity index (χ0n) is 12.1. The Morgan fingerprint density at radius 2 is 1.84 bits per heavy atom. The lowest BCUT2D eigenvalue weighted by Gasteiger charge is -2.24. The Bertz CT molecular complexity index is 325. The molecule has 1 fully saturated rings. The van der Waals surface area contributed by atoms with Gasteiger partial charge in [-0.05, 0) is 12.8 Å². The zero-order valence-corrected chi connectivity index (χ0v) is 12.9. The molecule has 1 aliphatic rings. The molecule has 1 saturated carbocycles. The maximum absolute atomic E-state index is 11.9. The number of carboxylic acid groups (broad SMARTS) is 1. The molecular weight excluding hydrogens is 262 g/mol. The van der Waals surface area contributed by atoms with Gasteiger partial charge in [-0.1, -0.05) is 40.0 Å². The van der Waals surface area contributed by atoms with E-state index in [9.17, 15) is 14.7 Å². The Balaban J connectivity index is 2.51. The summed E-state index contributed by atoms with van der Waals surface area (Å²) in [5.41, 5.74) is 0. The molecule has 0 aromatic carbocycles. The number of aliphatic carboxylic acids is 1. The van der Waals surface area contributed by atoms with E-state index in [0.717, 1.165) is 25.7 Å².